The number of hydrogen-bond acceptors (Lipinski definition) is 4. The molecule has 0 aliphatic rings. The molecule has 0 aliphatic heterocycles. The fourth-order valence-electron chi connectivity index (χ4n) is 1.52. The number of benzene rings is 1. The van der Waals surface area contributed by atoms with Crippen molar-refractivity contribution in [3.63, 3.8) is 0 Å². The minimum atomic E-state index is -1.11. The van der Waals surface area contributed by atoms with Gasteiger partial charge in [-0.25, -0.2) is 9.78 Å². The Morgan fingerprint density at radius 3 is 2.72 bits per heavy atom. The Kier molecular flexibility index (Phi) is 3.23. The van der Waals surface area contributed by atoms with Gasteiger partial charge in [0, 0.05) is 6.20 Å². The maximum atomic E-state index is 10.8. The minimum Gasteiger partial charge on any atom is -0.477 e. The third-order valence-electron chi connectivity index (χ3n) is 2.38. The summed E-state index contributed by atoms with van der Waals surface area (Å²) in [5.41, 5.74) is 1.98. The summed E-state index contributed by atoms with van der Waals surface area (Å²) in [6, 6.07) is 7.03. The van der Waals surface area contributed by atoms with Gasteiger partial charge in [0.05, 0.1) is 0 Å². The lowest BCUT2D eigenvalue weighted by Gasteiger charge is -2.07. The maximum absolute atomic E-state index is 10.8. The number of carboxylic acids is 1. The van der Waals surface area contributed by atoms with Crippen molar-refractivity contribution in [2.24, 2.45) is 0 Å². The Bertz CT molecular complexity index is 597. The molecule has 0 fully saturated rings. The van der Waals surface area contributed by atoms with E-state index in [4.69, 9.17) is 9.84 Å². The molecule has 92 valence electrons. The molecule has 2 rings (SSSR count). The Morgan fingerprint density at radius 1 is 1.28 bits per heavy atom. The fourth-order valence-corrected chi connectivity index (χ4v) is 1.52. The quantitative estimate of drug-likeness (QED) is 0.898. The summed E-state index contributed by atoms with van der Waals surface area (Å²) in [6.07, 6.45) is 1.36. The van der Waals surface area contributed by atoms with Gasteiger partial charge in [0.25, 0.3) is 0 Å². The first-order valence-corrected chi connectivity index (χ1v) is 5.38. The SMILES string of the molecule is Cc1ccc(Oc2nccc(C(=O)O)n2)c(C)c1. The molecule has 0 unspecified atom stereocenters. The highest BCUT2D eigenvalue weighted by Gasteiger charge is 2.08. The average molecular weight is 244 g/mol. The predicted octanol–water partition coefficient (Wildman–Crippen LogP) is 2.58. The molecule has 1 N–H and O–H groups in total. The van der Waals surface area contributed by atoms with Crippen molar-refractivity contribution >= 4 is 5.97 Å². The number of carbonyl (C=O) groups is 1. The zero-order valence-corrected chi connectivity index (χ0v) is 10.0. The number of aryl methyl sites for hydroxylation is 2. The number of nitrogens with zero attached hydrogens (tertiary/aromatic N) is 2. The van der Waals surface area contributed by atoms with Crippen LogP contribution in [0.3, 0.4) is 0 Å². The number of carboxylic acid groups (broad SMARTS) is 1. The lowest BCUT2D eigenvalue weighted by Crippen LogP contribution is -2.02. The van der Waals surface area contributed by atoms with Crippen LogP contribution in [-0.2, 0) is 0 Å². The van der Waals surface area contributed by atoms with Crippen LogP contribution in [-0.4, -0.2) is 21.0 Å². The van der Waals surface area contributed by atoms with Gasteiger partial charge < -0.3 is 9.84 Å². The van der Waals surface area contributed by atoms with Crippen LogP contribution in [0.2, 0.25) is 0 Å². The van der Waals surface area contributed by atoms with Crippen LogP contribution >= 0.6 is 0 Å². The molecule has 2 aromatic rings. The molecule has 0 saturated carbocycles. The summed E-state index contributed by atoms with van der Waals surface area (Å²) in [7, 11) is 0. The molecule has 1 aromatic heterocycles. The zero-order chi connectivity index (χ0) is 13.1. The number of aromatic carboxylic acids is 1. The second-order valence-electron chi connectivity index (χ2n) is 3.90. The molecule has 0 spiro atoms. The van der Waals surface area contributed by atoms with Gasteiger partial charge >= 0.3 is 12.0 Å². The smallest absolute Gasteiger partial charge is 0.354 e. The van der Waals surface area contributed by atoms with Crippen LogP contribution < -0.4 is 4.74 Å². The molecular weight excluding hydrogens is 232 g/mol. The van der Waals surface area contributed by atoms with Crippen molar-refractivity contribution < 1.29 is 14.6 Å². The van der Waals surface area contributed by atoms with E-state index in [1.54, 1.807) is 0 Å². The summed E-state index contributed by atoms with van der Waals surface area (Å²) in [5.74, 6) is -0.494. The van der Waals surface area contributed by atoms with E-state index in [0.717, 1.165) is 11.1 Å². The van der Waals surface area contributed by atoms with Gasteiger partial charge in [0.2, 0.25) is 0 Å². The normalized spacial score (nSPS) is 10.1. The molecule has 0 amide bonds. The van der Waals surface area contributed by atoms with Crippen molar-refractivity contribution in [2.75, 3.05) is 0 Å². The number of ether oxygens (including phenoxy) is 1. The number of rotatable bonds is 3. The third-order valence-corrected chi connectivity index (χ3v) is 2.38. The van der Waals surface area contributed by atoms with E-state index in [1.807, 2.05) is 32.0 Å². The fraction of sp³-hybridized carbons (Fsp3) is 0.154. The van der Waals surface area contributed by atoms with Crippen molar-refractivity contribution in [1.82, 2.24) is 9.97 Å². The molecule has 5 heteroatoms. The molecule has 0 aliphatic carbocycles. The summed E-state index contributed by atoms with van der Waals surface area (Å²) < 4.78 is 5.47. The molecule has 1 heterocycles. The Hall–Kier alpha value is -2.43. The molecule has 0 saturated heterocycles. The molecule has 18 heavy (non-hydrogen) atoms. The van der Waals surface area contributed by atoms with E-state index < -0.39 is 5.97 Å². The van der Waals surface area contributed by atoms with Gasteiger partial charge in [-0.05, 0) is 31.5 Å². The second kappa shape index (κ2) is 4.83. The number of aromatic nitrogens is 2. The van der Waals surface area contributed by atoms with Crippen LogP contribution in [0, 0.1) is 13.8 Å². The summed E-state index contributed by atoms with van der Waals surface area (Å²) in [4.78, 5) is 18.5. The average Bonchev–Trinajstić information content (AvgIpc) is 2.33. The lowest BCUT2D eigenvalue weighted by molar-refractivity contribution is 0.0689. The minimum absolute atomic E-state index is 0.0295. The zero-order valence-electron chi connectivity index (χ0n) is 10.0. The van der Waals surface area contributed by atoms with Gasteiger partial charge in [-0.15, -0.1) is 0 Å². The van der Waals surface area contributed by atoms with E-state index in [1.165, 1.54) is 12.3 Å². The van der Waals surface area contributed by atoms with Gasteiger partial charge in [0.1, 0.15) is 5.75 Å². The highest BCUT2D eigenvalue weighted by Crippen LogP contribution is 2.23. The van der Waals surface area contributed by atoms with Crippen LogP contribution in [0.15, 0.2) is 30.5 Å². The first-order chi connectivity index (χ1) is 8.56. The van der Waals surface area contributed by atoms with Crippen LogP contribution in [0.4, 0.5) is 0 Å². The maximum Gasteiger partial charge on any atom is 0.354 e. The lowest BCUT2D eigenvalue weighted by atomic mass is 10.1. The van der Waals surface area contributed by atoms with Crippen molar-refractivity contribution in [3.05, 3.63) is 47.3 Å². The monoisotopic (exact) mass is 244 g/mol. The van der Waals surface area contributed by atoms with E-state index in [0.29, 0.717) is 5.75 Å². The summed E-state index contributed by atoms with van der Waals surface area (Å²) in [6.45, 7) is 3.89. The first-order valence-electron chi connectivity index (χ1n) is 5.38. The molecule has 0 bridgehead atoms. The van der Waals surface area contributed by atoms with E-state index in [9.17, 15) is 4.79 Å². The summed E-state index contributed by atoms with van der Waals surface area (Å²) >= 11 is 0. The largest absolute Gasteiger partial charge is 0.477 e. The number of hydrogen-bond donors (Lipinski definition) is 1. The van der Waals surface area contributed by atoms with Crippen molar-refractivity contribution in [1.29, 1.82) is 0 Å². The molecule has 0 atom stereocenters. The highest BCUT2D eigenvalue weighted by atomic mass is 16.5. The van der Waals surface area contributed by atoms with Crippen molar-refractivity contribution in [3.8, 4) is 11.8 Å². The van der Waals surface area contributed by atoms with Crippen molar-refractivity contribution in [2.45, 2.75) is 13.8 Å². The predicted molar refractivity (Wildman–Crippen MR) is 65.0 cm³/mol. The molecule has 0 radical (unpaired) electrons. The van der Waals surface area contributed by atoms with Crippen LogP contribution in [0.5, 0.6) is 11.8 Å². The molecule has 1 aromatic carbocycles. The van der Waals surface area contributed by atoms with Gasteiger partial charge in [0.15, 0.2) is 5.69 Å². The van der Waals surface area contributed by atoms with E-state index in [-0.39, 0.29) is 11.7 Å². The van der Waals surface area contributed by atoms with Crippen LogP contribution in [0.1, 0.15) is 21.6 Å². The third kappa shape index (κ3) is 2.63. The first kappa shape index (κ1) is 12.0. The van der Waals surface area contributed by atoms with Crippen LogP contribution in [0.25, 0.3) is 0 Å². The topological polar surface area (TPSA) is 72.3 Å². The molecular formula is C13H12N2O3. The Morgan fingerprint density at radius 2 is 2.06 bits per heavy atom. The highest BCUT2D eigenvalue weighted by molar-refractivity contribution is 5.85. The van der Waals surface area contributed by atoms with E-state index >= 15 is 0 Å². The standard InChI is InChI=1S/C13H12N2O3/c1-8-3-4-11(9(2)7-8)18-13-14-6-5-10(15-13)12(16)17/h3-7H,1-2H3,(H,16,17). The van der Waals surface area contributed by atoms with E-state index in [2.05, 4.69) is 9.97 Å². The molecule has 5 nitrogen and oxygen atoms in total. The second-order valence-corrected chi connectivity index (χ2v) is 3.90. The van der Waals surface area contributed by atoms with Gasteiger partial charge in [-0.1, -0.05) is 17.7 Å². The summed E-state index contributed by atoms with van der Waals surface area (Å²) in [5, 5.41) is 8.82. The van der Waals surface area contributed by atoms with Gasteiger partial charge in [-0.2, -0.15) is 4.98 Å². The van der Waals surface area contributed by atoms with Gasteiger partial charge in [-0.3, -0.25) is 0 Å². The Balaban J connectivity index is 2.28. The Labute approximate surface area is 104 Å².